The molecule has 1 fully saturated rings. The molecular weight excluding hydrogens is 380 g/mol. The van der Waals surface area contributed by atoms with E-state index >= 15 is 0 Å². The fraction of sp³-hybridized carbons (Fsp3) is 0.450. The summed E-state index contributed by atoms with van der Waals surface area (Å²) in [7, 11) is 1.81. The second kappa shape index (κ2) is 7.68. The normalized spacial score (nSPS) is 26.6. The van der Waals surface area contributed by atoms with E-state index in [9.17, 15) is 4.79 Å². The molecule has 4 rings (SSSR count). The zero-order valence-corrected chi connectivity index (χ0v) is 17.1. The van der Waals surface area contributed by atoms with Gasteiger partial charge >= 0.3 is 0 Å². The van der Waals surface area contributed by atoms with Gasteiger partial charge in [0.2, 0.25) is 5.96 Å². The molecule has 3 aliphatic heterocycles. The van der Waals surface area contributed by atoms with Crippen molar-refractivity contribution in [3.05, 3.63) is 40.9 Å². The van der Waals surface area contributed by atoms with Gasteiger partial charge < -0.3 is 9.80 Å². The lowest BCUT2D eigenvalue weighted by Crippen LogP contribution is -2.47. The van der Waals surface area contributed by atoms with Gasteiger partial charge in [-0.3, -0.25) is 4.79 Å². The van der Waals surface area contributed by atoms with Gasteiger partial charge in [-0.05, 0) is 24.0 Å². The number of aliphatic imine (C=N–C) groups is 2. The summed E-state index contributed by atoms with van der Waals surface area (Å²) < 4.78 is 0. The largest absolute Gasteiger partial charge is 0.334 e. The molecule has 0 aromatic heterocycles. The number of hydrogen-bond acceptors (Lipinski definition) is 5. The average Bonchev–Trinajstić information content (AvgIpc) is 3.45. The highest BCUT2D eigenvalue weighted by Crippen LogP contribution is 2.34. The minimum atomic E-state index is -0.234. The number of likely N-dealkylation sites (N-methyl/N-ethyl adjacent to an activating group) is 1. The number of nitrogens with zero attached hydrogens (tertiary/aromatic N) is 4. The molecule has 0 radical (unpaired) electrons. The van der Waals surface area contributed by atoms with Gasteiger partial charge in [-0.25, -0.2) is 9.98 Å². The molecule has 3 unspecified atom stereocenters. The molecule has 1 amide bonds. The monoisotopic (exact) mass is 402 g/mol. The molecule has 27 heavy (non-hydrogen) atoms. The Bertz CT molecular complexity index is 837. The van der Waals surface area contributed by atoms with E-state index in [-0.39, 0.29) is 18.0 Å². The fourth-order valence-electron chi connectivity index (χ4n) is 3.58. The van der Waals surface area contributed by atoms with Crippen LogP contribution in [0.5, 0.6) is 0 Å². The number of hydrogen-bond donors (Lipinski definition) is 0. The predicted octanol–water partition coefficient (Wildman–Crippen LogP) is 3.41. The Morgan fingerprint density at radius 3 is 2.93 bits per heavy atom. The Morgan fingerprint density at radius 1 is 1.33 bits per heavy atom. The van der Waals surface area contributed by atoms with E-state index in [1.807, 2.05) is 49.3 Å². The first kappa shape index (κ1) is 18.6. The average molecular weight is 403 g/mol. The van der Waals surface area contributed by atoms with Crippen LogP contribution in [0.4, 0.5) is 0 Å². The third-order valence-electron chi connectivity index (χ3n) is 5.20. The van der Waals surface area contributed by atoms with Crippen LogP contribution >= 0.6 is 23.4 Å². The highest BCUT2D eigenvalue weighted by Gasteiger charge is 2.41. The van der Waals surface area contributed by atoms with Gasteiger partial charge in [-0.1, -0.05) is 42.8 Å². The van der Waals surface area contributed by atoms with Crippen molar-refractivity contribution in [3.8, 4) is 0 Å². The first-order valence-electron chi connectivity index (χ1n) is 9.30. The minimum Gasteiger partial charge on any atom is -0.334 e. The van der Waals surface area contributed by atoms with Gasteiger partial charge in [0.1, 0.15) is 6.17 Å². The van der Waals surface area contributed by atoms with E-state index in [0.29, 0.717) is 16.6 Å². The van der Waals surface area contributed by atoms with Crippen LogP contribution in [0, 0.1) is 5.92 Å². The first-order valence-corrected chi connectivity index (χ1v) is 10.8. The molecule has 5 nitrogen and oxygen atoms in total. The number of halogens is 1. The van der Waals surface area contributed by atoms with Gasteiger partial charge in [0.15, 0.2) is 0 Å². The summed E-state index contributed by atoms with van der Waals surface area (Å²) in [6.45, 7) is 3.20. The quantitative estimate of drug-likeness (QED) is 0.560. The van der Waals surface area contributed by atoms with E-state index < -0.39 is 0 Å². The van der Waals surface area contributed by atoms with Gasteiger partial charge in [0.25, 0.3) is 5.91 Å². The molecule has 3 heterocycles. The van der Waals surface area contributed by atoms with Gasteiger partial charge in [0.05, 0.1) is 12.0 Å². The molecule has 0 bridgehead atoms. The van der Waals surface area contributed by atoms with Crippen LogP contribution < -0.4 is 0 Å². The van der Waals surface area contributed by atoms with Crippen LogP contribution in [0.15, 0.2) is 40.3 Å². The van der Waals surface area contributed by atoms with E-state index in [0.717, 1.165) is 30.2 Å². The lowest BCUT2D eigenvalue weighted by Gasteiger charge is -2.36. The topological polar surface area (TPSA) is 48.0 Å². The summed E-state index contributed by atoms with van der Waals surface area (Å²) in [5.41, 5.74) is 1.38. The van der Waals surface area contributed by atoms with Crippen LogP contribution in [0.2, 0.25) is 5.02 Å². The molecule has 1 aromatic carbocycles. The lowest BCUT2D eigenvalue weighted by atomic mass is 9.92. The molecule has 0 N–H and O–H groups in total. The fourth-order valence-corrected chi connectivity index (χ4v) is 4.55. The maximum Gasteiger partial charge on any atom is 0.255 e. The van der Waals surface area contributed by atoms with Crippen molar-refractivity contribution in [3.63, 3.8) is 0 Å². The van der Waals surface area contributed by atoms with Crippen LogP contribution in [0.25, 0.3) is 5.57 Å². The maximum absolute atomic E-state index is 12.9. The Balaban J connectivity index is 1.52. The summed E-state index contributed by atoms with van der Waals surface area (Å²) in [4.78, 5) is 26.3. The third-order valence-corrected chi connectivity index (χ3v) is 6.46. The molecule has 142 valence electrons. The summed E-state index contributed by atoms with van der Waals surface area (Å²) in [5, 5.41) is 0.581. The minimum absolute atomic E-state index is 0.0308. The third kappa shape index (κ3) is 3.65. The van der Waals surface area contributed by atoms with Crippen molar-refractivity contribution >= 4 is 47.0 Å². The molecule has 0 saturated carbocycles. The summed E-state index contributed by atoms with van der Waals surface area (Å²) in [6.07, 6.45) is 4.80. The number of fused-ring (bicyclic) bond motifs is 1. The van der Waals surface area contributed by atoms with Crippen LogP contribution in [-0.4, -0.2) is 65.2 Å². The van der Waals surface area contributed by atoms with E-state index in [1.54, 1.807) is 11.0 Å². The van der Waals surface area contributed by atoms with Crippen molar-refractivity contribution in [1.29, 1.82) is 0 Å². The molecular formula is C20H23ClN4OS. The molecule has 7 heteroatoms. The van der Waals surface area contributed by atoms with Crippen molar-refractivity contribution in [2.45, 2.75) is 25.6 Å². The number of carbonyl (C=O) groups is 1. The maximum atomic E-state index is 12.9. The zero-order valence-electron chi connectivity index (χ0n) is 15.5. The Hall–Kier alpha value is -1.79. The summed E-state index contributed by atoms with van der Waals surface area (Å²) in [5.74, 6) is 3.00. The lowest BCUT2D eigenvalue weighted by molar-refractivity contribution is -0.126. The molecule has 3 aliphatic rings. The number of rotatable bonds is 5. The van der Waals surface area contributed by atoms with Gasteiger partial charge in [0, 0.05) is 36.0 Å². The molecule has 0 spiro atoms. The smallest absolute Gasteiger partial charge is 0.255 e. The number of guanidine groups is 1. The number of thioether (sulfide) groups is 1. The first-order chi connectivity index (χ1) is 13.1. The van der Waals surface area contributed by atoms with Gasteiger partial charge in [-0.2, -0.15) is 11.8 Å². The second-order valence-electron chi connectivity index (χ2n) is 6.97. The summed E-state index contributed by atoms with van der Waals surface area (Å²) >= 11 is 8.27. The van der Waals surface area contributed by atoms with Crippen molar-refractivity contribution < 1.29 is 4.79 Å². The van der Waals surface area contributed by atoms with E-state index in [4.69, 9.17) is 16.6 Å². The number of amides is 1. The SMILES string of the molecule is CCSCCC1CN1C1=NC2C(C=N1)C=C(c1ccccc1Cl)C(=O)N2C. The predicted molar refractivity (Wildman–Crippen MR) is 114 cm³/mol. The Labute approximate surface area is 169 Å². The van der Waals surface area contributed by atoms with Gasteiger partial charge in [-0.15, -0.1) is 0 Å². The highest BCUT2D eigenvalue weighted by molar-refractivity contribution is 7.99. The standard InChI is InChI=1S/C20H23ClN4OS/c1-3-27-9-8-14-12-25(14)20-22-11-13-10-16(15-6-4-5-7-17(15)21)19(26)24(2)18(13)23-20/h4-7,10-11,13-14,18H,3,8-9,12H2,1-2H3. The van der Waals surface area contributed by atoms with Crippen LogP contribution in [0.1, 0.15) is 18.9 Å². The Kier molecular flexibility index (Phi) is 5.28. The summed E-state index contributed by atoms with van der Waals surface area (Å²) in [6, 6.07) is 7.98. The molecule has 3 atom stereocenters. The molecule has 0 aliphatic carbocycles. The van der Waals surface area contributed by atoms with Crippen LogP contribution in [-0.2, 0) is 4.79 Å². The number of benzene rings is 1. The Morgan fingerprint density at radius 2 is 2.15 bits per heavy atom. The van der Waals surface area contributed by atoms with Crippen molar-refractivity contribution in [1.82, 2.24) is 9.80 Å². The van der Waals surface area contributed by atoms with E-state index in [1.165, 1.54) is 5.75 Å². The van der Waals surface area contributed by atoms with Crippen LogP contribution in [0.3, 0.4) is 0 Å². The number of carbonyl (C=O) groups excluding carboxylic acids is 1. The zero-order chi connectivity index (χ0) is 19.0. The highest BCUT2D eigenvalue weighted by atomic mass is 35.5. The van der Waals surface area contributed by atoms with Crippen molar-refractivity contribution in [2.75, 3.05) is 25.1 Å². The second-order valence-corrected chi connectivity index (χ2v) is 8.77. The van der Waals surface area contributed by atoms with E-state index in [2.05, 4.69) is 16.8 Å². The van der Waals surface area contributed by atoms with Crippen molar-refractivity contribution in [2.24, 2.45) is 15.9 Å². The molecule has 1 saturated heterocycles. The molecule has 1 aromatic rings.